The molecule has 1 atom stereocenters. The fourth-order valence-corrected chi connectivity index (χ4v) is 1.31. The lowest BCUT2D eigenvalue weighted by Gasteiger charge is -2.06. The van der Waals surface area contributed by atoms with Gasteiger partial charge in [0.25, 0.3) is 6.01 Å². The molecule has 1 unspecified atom stereocenters. The smallest absolute Gasteiger partial charge is 0.357 e. The number of oxazole rings is 1. The van der Waals surface area contributed by atoms with Crippen molar-refractivity contribution in [1.82, 2.24) is 4.98 Å². The molecular formula is C9H14N2O3S. The number of rotatable bonds is 6. The molecule has 0 saturated heterocycles. The molecule has 6 heteroatoms. The fourth-order valence-electron chi connectivity index (χ4n) is 0.953. The Kier molecular flexibility index (Phi) is 4.48. The average Bonchev–Trinajstić information content (AvgIpc) is 2.66. The van der Waals surface area contributed by atoms with Gasteiger partial charge in [-0.2, -0.15) is 16.7 Å². The van der Waals surface area contributed by atoms with Gasteiger partial charge < -0.3 is 14.8 Å². The second-order valence-corrected chi connectivity index (χ2v) is 4.38. The van der Waals surface area contributed by atoms with Crippen LogP contribution in [-0.4, -0.2) is 34.1 Å². The first-order valence-electron chi connectivity index (χ1n) is 4.59. The van der Waals surface area contributed by atoms with Crippen LogP contribution in [0.15, 0.2) is 10.7 Å². The number of carboxylic acids is 1. The van der Waals surface area contributed by atoms with Gasteiger partial charge >= 0.3 is 5.97 Å². The molecule has 1 aromatic heterocycles. The lowest BCUT2D eigenvalue weighted by atomic mass is 10.3. The minimum absolute atomic E-state index is 0.0737. The van der Waals surface area contributed by atoms with Crippen molar-refractivity contribution in [2.24, 2.45) is 0 Å². The highest BCUT2D eigenvalue weighted by atomic mass is 32.2. The van der Waals surface area contributed by atoms with Crippen molar-refractivity contribution < 1.29 is 14.3 Å². The standard InChI is InChI=1S/C9H14N2O3S/c1-6(15-2)3-4-10-9-11-7(5-14-9)8(12)13/h5-6H,3-4H2,1-2H3,(H,10,11)(H,12,13). The average molecular weight is 230 g/mol. The molecule has 1 aromatic rings. The zero-order valence-electron chi connectivity index (χ0n) is 8.69. The quantitative estimate of drug-likeness (QED) is 0.777. The zero-order chi connectivity index (χ0) is 11.3. The second-order valence-electron chi connectivity index (χ2n) is 3.10. The number of nitrogens with zero attached hydrogens (tertiary/aromatic N) is 1. The third kappa shape index (κ3) is 3.83. The van der Waals surface area contributed by atoms with Crippen LogP contribution in [0.1, 0.15) is 23.8 Å². The van der Waals surface area contributed by atoms with Crippen LogP contribution >= 0.6 is 11.8 Å². The van der Waals surface area contributed by atoms with Gasteiger partial charge in [0.1, 0.15) is 6.26 Å². The molecule has 0 spiro atoms. The number of thioether (sulfide) groups is 1. The molecule has 0 aliphatic rings. The van der Waals surface area contributed by atoms with E-state index in [9.17, 15) is 4.79 Å². The molecule has 15 heavy (non-hydrogen) atoms. The molecule has 5 nitrogen and oxygen atoms in total. The number of aromatic nitrogens is 1. The van der Waals surface area contributed by atoms with Crippen molar-refractivity contribution in [3.05, 3.63) is 12.0 Å². The summed E-state index contributed by atoms with van der Waals surface area (Å²) in [4.78, 5) is 14.2. The molecule has 0 aliphatic heterocycles. The van der Waals surface area contributed by atoms with E-state index >= 15 is 0 Å². The zero-order valence-corrected chi connectivity index (χ0v) is 9.50. The van der Waals surface area contributed by atoms with Gasteiger partial charge in [0.2, 0.25) is 0 Å². The van der Waals surface area contributed by atoms with Gasteiger partial charge in [0.15, 0.2) is 5.69 Å². The molecule has 0 aromatic carbocycles. The highest BCUT2D eigenvalue weighted by Gasteiger charge is 2.09. The molecule has 0 amide bonds. The van der Waals surface area contributed by atoms with E-state index in [4.69, 9.17) is 9.52 Å². The summed E-state index contributed by atoms with van der Waals surface area (Å²) in [6.45, 7) is 2.85. The molecule has 0 radical (unpaired) electrons. The van der Waals surface area contributed by atoms with Gasteiger partial charge in [-0.15, -0.1) is 0 Å². The number of carbonyl (C=O) groups is 1. The van der Waals surface area contributed by atoms with Crippen molar-refractivity contribution in [3.63, 3.8) is 0 Å². The number of carboxylic acid groups (broad SMARTS) is 1. The van der Waals surface area contributed by atoms with Crippen LogP contribution in [0.2, 0.25) is 0 Å². The van der Waals surface area contributed by atoms with Gasteiger partial charge in [0, 0.05) is 11.8 Å². The SMILES string of the molecule is CSC(C)CCNc1nc(C(=O)O)co1. The number of anilines is 1. The molecule has 0 fully saturated rings. The topological polar surface area (TPSA) is 75.4 Å². The lowest BCUT2D eigenvalue weighted by molar-refractivity contribution is 0.0690. The second kappa shape index (κ2) is 5.65. The summed E-state index contributed by atoms with van der Waals surface area (Å²) in [6, 6.07) is 0.265. The molecule has 0 bridgehead atoms. The first-order chi connectivity index (χ1) is 7.13. The first-order valence-corrected chi connectivity index (χ1v) is 5.87. The normalized spacial score (nSPS) is 12.4. The van der Waals surface area contributed by atoms with E-state index in [-0.39, 0.29) is 11.7 Å². The van der Waals surface area contributed by atoms with Gasteiger partial charge in [-0.05, 0) is 12.7 Å². The van der Waals surface area contributed by atoms with Gasteiger partial charge in [-0.1, -0.05) is 6.92 Å². The van der Waals surface area contributed by atoms with E-state index in [2.05, 4.69) is 23.5 Å². The Morgan fingerprint density at radius 2 is 2.53 bits per heavy atom. The van der Waals surface area contributed by atoms with Gasteiger partial charge in [-0.3, -0.25) is 0 Å². The highest BCUT2D eigenvalue weighted by Crippen LogP contribution is 2.11. The summed E-state index contributed by atoms with van der Waals surface area (Å²) >= 11 is 1.78. The maximum Gasteiger partial charge on any atom is 0.357 e. The molecule has 1 rings (SSSR count). The number of hydrogen-bond acceptors (Lipinski definition) is 5. The first kappa shape index (κ1) is 11.9. The molecule has 1 heterocycles. The lowest BCUT2D eigenvalue weighted by Crippen LogP contribution is -2.08. The van der Waals surface area contributed by atoms with Crippen LogP contribution in [0.3, 0.4) is 0 Å². The maximum atomic E-state index is 10.5. The third-order valence-corrected chi connectivity index (χ3v) is 2.99. The van der Waals surface area contributed by atoms with E-state index in [1.165, 1.54) is 0 Å². The van der Waals surface area contributed by atoms with Crippen molar-refractivity contribution in [2.75, 3.05) is 18.1 Å². The maximum absolute atomic E-state index is 10.5. The Labute approximate surface area is 92.3 Å². The monoisotopic (exact) mass is 230 g/mol. The predicted molar refractivity (Wildman–Crippen MR) is 59.5 cm³/mol. The van der Waals surface area contributed by atoms with Gasteiger partial charge in [0.05, 0.1) is 0 Å². The summed E-state index contributed by atoms with van der Waals surface area (Å²) in [6.07, 6.45) is 4.16. The van der Waals surface area contributed by atoms with Crippen LogP contribution in [-0.2, 0) is 0 Å². The van der Waals surface area contributed by atoms with Crippen molar-refractivity contribution in [1.29, 1.82) is 0 Å². The van der Waals surface area contributed by atoms with E-state index in [1.807, 2.05) is 0 Å². The fraction of sp³-hybridized carbons (Fsp3) is 0.556. The van der Waals surface area contributed by atoms with Gasteiger partial charge in [-0.25, -0.2) is 4.79 Å². The minimum Gasteiger partial charge on any atom is -0.476 e. The summed E-state index contributed by atoms with van der Waals surface area (Å²) in [7, 11) is 0. The minimum atomic E-state index is -1.08. The Hall–Kier alpha value is -1.17. The summed E-state index contributed by atoms with van der Waals surface area (Å²) in [5.41, 5.74) is -0.0737. The number of hydrogen-bond donors (Lipinski definition) is 2. The predicted octanol–water partition coefficient (Wildman–Crippen LogP) is 1.93. The molecule has 0 aliphatic carbocycles. The molecule has 0 saturated carbocycles. The largest absolute Gasteiger partial charge is 0.476 e. The van der Waals surface area contributed by atoms with Crippen LogP contribution in [0.25, 0.3) is 0 Å². The van der Waals surface area contributed by atoms with Crippen molar-refractivity contribution in [2.45, 2.75) is 18.6 Å². The Balaban J connectivity index is 2.35. The number of aromatic carboxylic acids is 1. The van der Waals surface area contributed by atoms with E-state index in [0.717, 1.165) is 19.2 Å². The summed E-state index contributed by atoms with van der Waals surface area (Å²) in [5.74, 6) is -1.08. The highest BCUT2D eigenvalue weighted by molar-refractivity contribution is 7.99. The number of nitrogens with one attached hydrogen (secondary N) is 1. The molecule has 2 N–H and O–H groups in total. The molecule has 84 valence electrons. The molecular weight excluding hydrogens is 216 g/mol. The van der Waals surface area contributed by atoms with E-state index in [1.54, 1.807) is 11.8 Å². The Morgan fingerprint density at radius 1 is 1.80 bits per heavy atom. The van der Waals surface area contributed by atoms with Crippen LogP contribution in [0.5, 0.6) is 0 Å². The summed E-state index contributed by atoms with van der Waals surface area (Å²) in [5, 5.41) is 12.1. The van der Waals surface area contributed by atoms with Crippen molar-refractivity contribution in [3.8, 4) is 0 Å². The van der Waals surface area contributed by atoms with Crippen LogP contribution < -0.4 is 5.32 Å². The van der Waals surface area contributed by atoms with Crippen molar-refractivity contribution >= 4 is 23.7 Å². The summed E-state index contributed by atoms with van der Waals surface area (Å²) < 4.78 is 4.93. The van der Waals surface area contributed by atoms with Crippen LogP contribution in [0, 0.1) is 0 Å². The van der Waals surface area contributed by atoms with Crippen LogP contribution in [0.4, 0.5) is 6.01 Å². The van der Waals surface area contributed by atoms with E-state index in [0.29, 0.717) is 5.25 Å². The van der Waals surface area contributed by atoms with E-state index < -0.39 is 5.97 Å². The third-order valence-electron chi connectivity index (χ3n) is 1.95. The Morgan fingerprint density at radius 3 is 3.07 bits per heavy atom. The Bertz CT molecular complexity index is 327.